The molecule has 3 N–H and O–H groups in total. The lowest BCUT2D eigenvalue weighted by Crippen LogP contribution is -2.39. The molecular formula is C35H41FN4O5. The predicted octanol–water partition coefficient (Wildman–Crippen LogP) is 7.31. The molecule has 9 nitrogen and oxygen atoms in total. The third-order valence-corrected chi connectivity index (χ3v) is 8.25. The van der Waals surface area contributed by atoms with Crippen molar-refractivity contribution >= 4 is 23.8 Å². The molecule has 2 aliphatic rings. The topological polar surface area (TPSA) is 119 Å². The van der Waals surface area contributed by atoms with Crippen molar-refractivity contribution < 1.29 is 28.2 Å². The van der Waals surface area contributed by atoms with Gasteiger partial charge < -0.3 is 25.4 Å². The zero-order valence-corrected chi connectivity index (χ0v) is 26.2. The standard InChI is InChI=1S/C35H41FN4O5/c1-34(2,3)45-33(43)40-35(16-17-35)28-15-12-24(19-29(28)36)31-27(23-8-6-5-7-9-23)20-25(21-38-31)39-30(41)18-22-10-13-26(14-11-22)44-32(42)37-4/h5-9,12,15,19-22,26H,10-11,13-14,16-18H2,1-4H3,(H,37,42)(H,39,41)(H,40,43)/t22-,26-. The number of anilines is 1. The summed E-state index contributed by atoms with van der Waals surface area (Å²) in [7, 11) is 1.54. The number of carbonyl (C=O) groups excluding carboxylic acids is 3. The molecule has 2 aromatic carbocycles. The Morgan fingerprint density at radius 3 is 2.29 bits per heavy atom. The molecular weight excluding hydrogens is 575 g/mol. The summed E-state index contributed by atoms with van der Waals surface area (Å²) in [6.45, 7) is 5.36. The van der Waals surface area contributed by atoms with Gasteiger partial charge in [-0.25, -0.2) is 14.0 Å². The van der Waals surface area contributed by atoms with E-state index < -0.39 is 29.1 Å². The van der Waals surface area contributed by atoms with E-state index in [1.165, 1.54) is 13.1 Å². The van der Waals surface area contributed by atoms with Crippen molar-refractivity contribution in [3.05, 3.63) is 72.2 Å². The number of carbonyl (C=O) groups is 3. The first-order chi connectivity index (χ1) is 21.4. The number of nitrogens with one attached hydrogen (secondary N) is 3. The Kier molecular flexibility index (Phi) is 9.41. The van der Waals surface area contributed by atoms with E-state index in [9.17, 15) is 14.4 Å². The summed E-state index contributed by atoms with van der Waals surface area (Å²) in [4.78, 5) is 41.6. The lowest BCUT2D eigenvalue weighted by molar-refractivity contribution is -0.117. The largest absolute Gasteiger partial charge is 0.446 e. The third kappa shape index (κ3) is 8.17. The molecule has 0 bridgehead atoms. The number of hydrogen-bond acceptors (Lipinski definition) is 6. The van der Waals surface area contributed by atoms with E-state index in [1.54, 1.807) is 33.0 Å². The van der Waals surface area contributed by atoms with E-state index in [1.807, 2.05) is 42.5 Å². The van der Waals surface area contributed by atoms with E-state index in [0.29, 0.717) is 41.8 Å². The molecule has 10 heteroatoms. The fraction of sp³-hybridized carbons (Fsp3) is 0.429. The summed E-state index contributed by atoms with van der Waals surface area (Å²) in [6, 6.07) is 16.5. The molecule has 0 spiro atoms. The number of nitrogens with zero attached hydrogens (tertiary/aromatic N) is 1. The number of amides is 3. The van der Waals surface area contributed by atoms with E-state index in [0.717, 1.165) is 36.8 Å². The van der Waals surface area contributed by atoms with Gasteiger partial charge in [0.15, 0.2) is 0 Å². The van der Waals surface area contributed by atoms with Gasteiger partial charge in [-0.15, -0.1) is 0 Å². The summed E-state index contributed by atoms with van der Waals surface area (Å²) in [5.74, 6) is -0.340. The average molecular weight is 617 g/mol. The van der Waals surface area contributed by atoms with Crippen molar-refractivity contribution in [2.75, 3.05) is 12.4 Å². The fourth-order valence-corrected chi connectivity index (χ4v) is 5.88. The van der Waals surface area contributed by atoms with Gasteiger partial charge in [-0.1, -0.05) is 42.5 Å². The Morgan fingerprint density at radius 1 is 0.956 bits per heavy atom. The summed E-state index contributed by atoms with van der Waals surface area (Å²) in [6.07, 6.45) is 5.14. The van der Waals surface area contributed by atoms with E-state index in [2.05, 4.69) is 20.9 Å². The number of pyridine rings is 1. The molecule has 2 saturated carbocycles. The Morgan fingerprint density at radius 2 is 1.67 bits per heavy atom. The summed E-state index contributed by atoms with van der Waals surface area (Å²) < 4.78 is 26.4. The molecule has 0 saturated heterocycles. The van der Waals surface area contributed by atoms with Crippen LogP contribution in [-0.4, -0.2) is 41.8 Å². The van der Waals surface area contributed by atoms with Crippen LogP contribution in [0.25, 0.3) is 22.4 Å². The van der Waals surface area contributed by atoms with Crippen LogP contribution in [0.2, 0.25) is 0 Å². The number of rotatable bonds is 8. The van der Waals surface area contributed by atoms with Crippen LogP contribution in [0, 0.1) is 11.7 Å². The van der Waals surface area contributed by atoms with E-state index in [4.69, 9.17) is 9.47 Å². The van der Waals surface area contributed by atoms with Crippen LogP contribution in [0.1, 0.15) is 71.3 Å². The molecule has 1 heterocycles. The second kappa shape index (κ2) is 13.3. The molecule has 0 atom stereocenters. The highest BCUT2D eigenvalue weighted by Gasteiger charge is 2.48. The maximum absolute atomic E-state index is 15.7. The monoisotopic (exact) mass is 616 g/mol. The molecule has 0 radical (unpaired) electrons. The maximum atomic E-state index is 15.7. The quantitative estimate of drug-likeness (QED) is 0.244. The minimum atomic E-state index is -0.787. The Labute approximate surface area is 263 Å². The first-order valence-electron chi connectivity index (χ1n) is 15.5. The van der Waals surface area contributed by atoms with Gasteiger partial charge in [0, 0.05) is 30.2 Å². The van der Waals surface area contributed by atoms with E-state index >= 15 is 4.39 Å². The minimum absolute atomic E-state index is 0.109. The number of hydrogen-bond donors (Lipinski definition) is 3. The van der Waals surface area contributed by atoms with Crippen LogP contribution >= 0.6 is 0 Å². The SMILES string of the molecule is CNC(=O)O[C@H]1CC[C@H](CC(=O)Nc2cnc(-c3ccc(C4(NC(=O)OC(C)(C)C)CC4)c(F)c3)c(-c3ccccc3)c2)CC1. The summed E-state index contributed by atoms with van der Waals surface area (Å²) >= 11 is 0. The van der Waals surface area contributed by atoms with Crippen LogP contribution in [0.4, 0.5) is 19.7 Å². The molecule has 0 unspecified atom stereocenters. The number of aromatic nitrogens is 1. The molecule has 2 aliphatic carbocycles. The molecule has 2 fully saturated rings. The van der Waals surface area contributed by atoms with Crippen LogP contribution < -0.4 is 16.0 Å². The van der Waals surface area contributed by atoms with Crippen molar-refractivity contribution in [1.82, 2.24) is 15.6 Å². The fourth-order valence-electron chi connectivity index (χ4n) is 5.88. The maximum Gasteiger partial charge on any atom is 0.408 e. The van der Waals surface area contributed by atoms with Gasteiger partial charge >= 0.3 is 12.2 Å². The molecule has 1 aromatic heterocycles. The smallest absolute Gasteiger partial charge is 0.408 e. The van der Waals surface area contributed by atoms with Crippen LogP contribution in [0.5, 0.6) is 0 Å². The Balaban J connectivity index is 1.31. The van der Waals surface area contributed by atoms with Gasteiger partial charge in [-0.05, 0) is 82.9 Å². The van der Waals surface area contributed by atoms with Gasteiger partial charge in [-0.3, -0.25) is 9.78 Å². The van der Waals surface area contributed by atoms with Crippen molar-refractivity contribution in [2.45, 2.75) is 83.0 Å². The van der Waals surface area contributed by atoms with Gasteiger partial charge in [-0.2, -0.15) is 0 Å². The number of halogens is 1. The van der Waals surface area contributed by atoms with Crippen molar-refractivity contribution in [1.29, 1.82) is 0 Å². The molecule has 3 amide bonds. The highest BCUT2D eigenvalue weighted by molar-refractivity contribution is 5.93. The van der Waals surface area contributed by atoms with Crippen LogP contribution in [0.3, 0.4) is 0 Å². The molecule has 0 aliphatic heterocycles. The van der Waals surface area contributed by atoms with Gasteiger partial charge in [0.1, 0.15) is 17.5 Å². The lowest BCUT2D eigenvalue weighted by Gasteiger charge is -2.27. The number of benzene rings is 2. The molecule has 3 aromatic rings. The highest BCUT2D eigenvalue weighted by atomic mass is 19.1. The van der Waals surface area contributed by atoms with Crippen molar-refractivity contribution in [2.24, 2.45) is 5.92 Å². The zero-order valence-electron chi connectivity index (χ0n) is 26.2. The highest BCUT2D eigenvalue weighted by Crippen LogP contribution is 2.47. The molecule has 238 valence electrons. The van der Waals surface area contributed by atoms with Crippen LogP contribution in [0.15, 0.2) is 60.8 Å². The second-order valence-electron chi connectivity index (χ2n) is 12.9. The van der Waals surface area contributed by atoms with Crippen LogP contribution in [-0.2, 0) is 19.8 Å². The number of ether oxygens (including phenoxy) is 2. The molecule has 45 heavy (non-hydrogen) atoms. The normalized spacial score (nSPS) is 18.8. The Bertz CT molecular complexity index is 1540. The average Bonchev–Trinajstić information content (AvgIpc) is 3.77. The zero-order chi connectivity index (χ0) is 32.2. The first-order valence-corrected chi connectivity index (χ1v) is 15.5. The lowest BCUT2D eigenvalue weighted by atomic mass is 9.85. The summed E-state index contributed by atoms with van der Waals surface area (Å²) in [5.41, 5.74) is 2.30. The van der Waals surface area contributed by atoms with Gasteiger partial charge in [0.05, 0.1) is 23.1 Å². The van der Waals surface area contributed by atoms with Gasteiger partial charge in [0.25, 0.3) is 0 Å². The summed E-state index contributed by atoms with van der Waals surface area (Å²) in [5, 5.41) is 8.33. The Hall–Kier alpha value is -4.47. The second-order valence-corrected chi connectivity index (χ2v) is 12.9. The van der Waals surface area contributed by atoms with E-state index in [-0.39, 0.29) is 17.9 Å². The third-order valence-electron chi connectivity index (χ3n) is 8.25. The van der Waals surface area contributed by atoms with Crippen molar-refractivity contribution in [3.8, 4) is 22.4 Å². The first kappa shape index (κ1) is 31.9. The predicted molar refractivity (Wildman–Crippen MR) is 170 cm³/mol. The minimum Gasteiger partial charge on any atom is -0.446 e. The molecule has 5 rings (SSSR count). The van der Waals surface area contributed by atoms with Gasteiger partial charge in [0.2, 0.25) is 5.91 Å². The number of alkyl carbamates (subject to hydrolysis) is 2. The van der Waals surface area contributed by atoms with Crippen molar-refractivity contribution in [3.63, 3.8) is 0 Å².